The second kappa shape index (κ2) is 9.27. The van der Waals surface area contributed by atoms with E-state index in [9.17, 15) is 24.2 Å². The van der Waals surface area contributed by atoms with Crippen LogP contribution in [0.3, 0.4) is 0 Å². The maximum Gasteiger partial charge on any atom is 0.295 e. The molecule has 0 atom stereocenters. The molecule has 2 aromatic carbocycles. The number of hydrogen-bond donors (Lipinski definition) is 2. The Labute approximate surface area is 171 Å². The molecule has 2 N–H and O–H groups in total. The molecular weight excluding hydrogens is 393 g/mol. The molecule has 0 unspecified atom stereocenters. The topological polar surface area (TPSA) is 113 Å². The fraction of sp³-hybridized carbons (Fsp3) is 0.238. The highest BCUT2D eigenvalue weighted by molar-refractivity contribution is 6.02. The molecule has 3 rings (SSSR count). The molecule has 0 aliphatic heterocycles. The van der Waals surface area contributed by atoms with Crippen LogP contribution in [0.2, 0.25) is 0 Å². The number of nitrogens with zero attached hydrogens (tertiary/aromatic N) is 3. The van der Waals surface area contributed by atoms with E-state index in [4.69, 9.17) is 4.74 Å². The second-order valence-corrected chi connectivity index (χ2v) is 6.61. The normalized spacial score (nSPS) is 11.4. The van der Waals surface area contributed by atoms with E-state index < -0.39 is 17.6 Å². The first kappa shape index (κ1) is 21.1. The minimum Gasteiger partial charge on any atom is -0.494 e. The number of carbonyl (C=O) groups excluding carboxylic acids is 2. The lowest BCUT2D eigenvalue weighted by Gasteiger charge is -2.05. The summed E-state index contributed by atoms with van der Waals surface area (Å²) in [7, 11) is 1.56. The third-order valence-corrected chi connectivity index (χ3v) is 4.51. The monoisotopic (exact) mass is 413 g/mol. The van der Waals surface area contributed by atoms with Gasteiger partial charge in [-0.05, 0) is 42.3 Å². The molecule has 0 spiro atoms. The van der Waals surface area contributed by atoms with Gasteiger partial charge in [-0.1, -0.05) is 12.1 Å². The smallest absolute Gasteiger partial charge is 0.295 e. The number of aromatic nitrogens is 1. The van der Waals surface area contributed by atoms with Gasteiger partial charge in [-0.25, -0.2) is 4.39 Å². The van der Waals surface area contributed by atoms with Crippen molar-refractivity contribution >= 4 is 22.6 Å². The Morgan fingerprint density at radius 3 is 2.43 bits per heavy atom. The van der Waals surface area contributed by atoms with E-state index in [-0.39, 0.29) is 29.1 Å². The van der Waals surface area contributed by atoms with E-state index in [0.29, 0.717) is 30.5 Å². The first-order valence-electron chi connectivity index (χ1n) is 9.17. The highest BCUT2D eigenvalue weighted by Gasteiger charge is 2.17. The Bertz CT molecular complexity index is 1110. The maximum atomic E-state index is 12.9. The standard InChI is InChI=1S/C21H20FN3O5/c1-30-10-2-9-25-20(28)16-8-5-14(12-17(16)21(25)29)19(27)24-23-18(26)11-13-3-6-15(22)7-4-13/h3-8,12,28-29H,2,9-11H2,1H3. The van der Waals surface area contributed by atoms with E-state index in [1.807, 2.05) is 0 Å². The molecule has 156 valence electrons. The highest BCUT2D eigenvalue weighted by Crippen LogP contribution is 2.37. The molecule has 1 aromatic heterocycles. The minimum atomic E-state index is -0.768. The average molecular weight is 413 g/mol. The summed E-state index contributed by atoms with van der Waals surface area (Å²) in [5, 5.41) is 28.2. The molecular formula is C21H20FN3O5. The quantitative estimate of drug-likeness (QED) is 0.454. The number of hydrogen-bond acceptors (Lipinski definition) is 5. The fourth-order valence-corrected chi connectivity index (χ4v) is 3.00. The van der Waals surface area contributed by atoms with Gasteiger partial charge in [-0.2, -0.15) is 0 Å². The van der Waals surface area contributed by atoms with Crippen molar-refractivity contribution in [2.24, 2.45) is 10.2 Å². The van der Waals surface area contributed by atoms with Gasteiger partial charge in [-0.15, -0.1) is 10.2 Å². The molecule has 0 saturated carbocycles. The molecule has 30 heavy (non-hydrogen) atoms. The zero-order valence-electron chi connectivity index (χ0n) is 16.2. The molecule has 0 radical (unpaired) electrons. The average Bonchev–Trinajstić information content (AvgIpc) is 2.98. The molecule has 0 aliphatic carbocycles. The van der Waals surface area contributed by atoms with Crippen molar-refractivity contribution in [3.05, 3.63) is 59.4 Å². The van der Waals surface area contributed by atoms with Gasteiger partial charge in [0.15, 0.2) is 0 Å². The molecule has 0 saturated heterocycles. The van der Waals surface area contributed by atoms with Crippen LogP contribution < -0.4 is 0 Å². The van der Waals surface area contributed by atoms with E-state index in [1.165, 1.54) is 47.0 Å². The second-order valence-electron chi connectivity index (χ2n) is 6.61. The van der Waals surface area contributed by atoms with Crippen LogP contribution >= 0.6 is 0 Å². The first-order chi connectivity index (χ1) is 14.4. The molecule has 0 bridgehead atoms. The summed E-state index contributed by atoms with van der Waals surface area (Å²) in [6, 6.07) is 9.64. The fourth-order valence-electron chi connectivity index (χ4n) is 3.00. The van der Waals surface area contributed by atoms with E-state index in [0.717, 1.165) is 0 Å². The summed E-state index contributed by atoms with van der Waals surface area (Å²) < 4.78 is 19.2. The number of ether oxygens (including phenoxy) is 1. The predicted molar refractivity (Wildman–Crippen MR) is 106 cm³/mol. The number of amides is 2. The van der Waals surface area contributed by atoms with Crippen LogP contribution in [0.25, 0.3) is 10.8 Å². The molecule has 0 fully saturated rings. The first-order valence-corrected chi connectivity index (χ1v) is 9.17. The zero-order chi connectivity index (χ0) is 21.7. The summed E-state index contributed by atoms with van der Waals surface area (Å²) in [6.45, 7) is 0.796. The molecule has 3 aromatic rings. The third-order valence-electron chi connectivity index (χ3n) is 4.51. The van der Waals surface area contributed by atoms with Crippen molar-refractivity contribution in [1.29, 1.82) is 0 Å². The SMILES string of the molecule is COCCCn1c(O)c2ccc(C(=O)N=NC(=O)Cc3ccc(F)cc3)cc2c1O. The summed E-state index contributed by atoms with van der Waals surface area (Å²) in [4.78, 5) is 24.2. The number of azo groups is 1. The third kappa shape index (κ3) is 4.69. The van der Waals surface area contributed by atoms with Crippen LogP contribution in [0, 0.1) is 5.82 Å². The Balaban J connectivity index is 1.74. The predicted octanol–water partition coefficient (Wildman–Crippen LogP) is 3.59. The molecule has 9 heteroatoms. The maximum absolute atomic E-state index is 12.9. The minimum absolute atomic E-state index is 0.102. The number of halogens is 1. The van der Waals surface area contributed by atoms with Gasteiger partial charge >= 0.3 is 0 Å². The van der Waals surface area contributed by atoms with Crippen molar-refractivity contribution in [2.45, 2.75) is 19.4 Å². The number of aromatic hydroxyl groups is 2. The van der Waals surface area contributed by atoms with Gasteiger partial charge in [0.2, 0.25) is 11.8 Å². The number of fused-ring (bicyclic) bond motifs is 1. The van der Waals surface area contributed by atoms with Gasteiger partial charge in [-0.3, -0.25) is 14.2 Å². The number of carbonyl (C=O) groups is 2. The Morgan fingerprint density at radius 1 is 1.03 bits per heavy atom. The van der Waals surface area contributed by atoms with Crippen molar-refractivity contribution in [3.8, 4) is 11.8 Å². The lowest BCUT2D eigenvalue weighted by molar-refractivity contribution is -0.117. The Kier molecular flexibility index (Phi) is 6.53. The van der Waals surface area contributed by atoms with Crippen LogP contribution in [0.4, 0.5) is 4.39 Å². The van der Waals surface area contributed by atoms with Crippen LogP contribution in [0.15, 0.2) is 52.7 Å². The van der Waals surface area contributed by atoms with Crippen molar-refractivity contribution in [1.82, 2.24) is 4.57 Å². The number of rotatable bonds is 7. The van der Waals surface area contributed by atoms with E-state index >= 15 is 0 Å². The number of benzene rings is 2. The highest BCUT2D eigenvalue weighted by atomic mass is 19.1. The summed E-state index contributed by atoms with van der Waals surface area (Å²) in [5.41, 5.74) is 0.648. The summed E-state index contributed by atoms with van der Waals surface area (Å²) in [5.74, 6) is -2.14. The van der Waals surface area contributed by atoms with Crippen LogP contribution in [-0.2, 0) is 22.5 Å². The number of methoxy groups -OCH3 is 1. The Hall–Kier alpha value is -3.59. The van der Waals surface area contributed by atoms with Crippen molar-refractivity contribution < 1.29 is 28.9 Å². The Morgan fingerprint density at radius 2 is 1.73 bits per heavy atom. The van der Waals surface area contributed by atoms with Gasteiger partial charge in [0.25, 0.3) is 11.8 Å². The lowest BCUT2D eigenvalue weighted by Crippen LogP contribution is -2.00. The molecule has 8 nitrogen and oxygen atoms in total. The van der Waals surface area contributed by atoms with E-state index in [1.54, 1.807) is 7.11 Å². The van der Waals surface area contributed by atoms with Crippen LogP contribution in [0.5, 0.6) is 11.8 Å². The van der Waals surface area contributed by atoms with Gasteiger partial charge < -0.3 is 14.9 Å². The van der Waals surface area contributed by atoms with Gasteiger partial charge in [0.05, 0.1) is 6.42 Å². The van der Waals surface area contributed by atoms with Crippen molar-refractivity contribution in [3.63, 3.8) is 0 Å². The van der Waals surface area contributed by atoms with Crippen LogP contribution in [-0.4, -0.2) is 40.3 Å². The molecule has 0 aliphatic rings. The largest absolute Gasteiger partial charge is 0.494 e. The zero-order valence-corrected chi connectivity index (χ0v) is 16.2. The van der Waals surface area contributed by atoms with E-state index in [2.05, 4.69) is 10.2 Å². The molecule has 1 heterocycles. The molecule has 2 amide bonds. The lowest BCUT2D eigenvalue weighted by atomic mass is 10.1. The van der Waals surface area contributed by atoms with Gasteiger partial charge in [0.1, 0.15) is 5.82 Å². The summed E-state index contributed by atoms with van der Waals surface area (Å²) in [6.07, 6.45) is 0.462. The van der Waals surface area contributed by atoms with Crippen LogP contribution in [0.1, 0.15) is 22.3 Å². The van der Waals surface area contributed by atoms with Gasteiger partial charge in [0, 0.05) is 36.6 Å². The van der Waals surface area contributed by atoms with Crippen molar-refractivity contribution in [2.75, 3.05) is 13.7 Å². The summed E-state index contributed by atoms with van der Waals surface area (Å²) >= 11 is 0.